The monoisotopic (exact) mass is 326 g/mol. The van der Waals surface area contributed by atoms with E-state index in [0.717, 1.165) is 19.3 Å². The smallest absolute Gasteiger partial charge is 0.260 e. The summed E-state index contributed by atoms with van der Waals surface area (Å²) in [7, 11) is -3.67. The molecule has 0 amide bonds. The Morgan fingerprint density at radius 2 is 1.45 bits per heavy atom. The van der Waals surface area contributed by atoms with Crippen LogP contribution >= 0.6 is 0 Å². The highest BCUT2D eigenvalue weighted by Crippen LogP contribution is 2.25. The molecule has 1 rings (SSSR count). The fourth-order valence-electron chi connectivity index (χ4n) is 2.48. The Bertz CT molecular complexity index is 506. The van der Waals surface area contributed by atoms with Crippen LogP contribution < -0.4 is 0 Å². The predicted octanol–water partition coefficient (Wildman–Crippen LogP) is 5.31. The van der Waals surface area contributed by atoms with E-state index in [1.165, 1.54) is 32.1 Å². The van der Waals surface area contributed by atoms with E-state index in [2.05, 4.69) is 6.92 Å². The van der Waals surface area contributed by atoms with Crippen LogP contribution in [0.5, 0.6) is 0 Å². The molecule has 0 atom stereocenters. The Kier molecular flexibility index (Phi) is 8.12. The molecule has 0 bridgehead atoms. The third kappa shape index (κ3) is 7.41. The number of rotatable bonds is 11. The average molecular weight is 327 g/mol. The van der Waals surface area contributed by atoms with E-state index in [0.29, 0.717) is 0 Å². The third-order valence-corrected chi connectivity index (χ3v) is 5.27. The van der Waals surface area contributed by atoms with Crippen molar-refractivity contribution in [3.63, 3.8) is 0 Å². The largest absolute Gasteiger partial charge is 0.297 e. The molecule has 0 radical (unpaired) electrons. The lowest BCUT2D eigenvalue weighted by Crippen LogP contribution is -2.28. The zero-order valence-corrected chi connectivity index (χ0v) is 15.0. The molecule has 0 aromatic heterocycles. The maximum atomic E-state index is 12.2. The van der Waals surface area contributed by atoms with Crippen molar-refractivity contribution in [3.05, 3.63) is 30.3 Å². The Hall–Kier alpha value is -0.870. The minimum absolute atomic E-state index is 0.225. The molecule has 0 heterocycles. The van der Waals surface area contributed by atoms with Gasteiger partial charge in [-0.25, -0.2) is 0 Å². The first-order valence-corrected chi connectivity index (χ1v) is 9.79. The summed E-state index contributed by atoms with van der Waals surface area (Å²) in [5, 5.41) is 0. The molecule has 0 saturated heterocycles. The zero-order chi connectivity index (χ0) is 16.5. The van der Waals surface area contributed by atoms with Gasteiger partial charge in [0.05, 0.1) is 10.5 Å². The molecule has 0 unspecified atom stereocenters. The van der Waals surface area contributed by atoms with Gasteiger partial charge in [0.25, 0.3) is 10.1 Å². The van der Waals surface area contributed by atoms with Gasteiger partial charge in [0.2, 0.25) is 0 Å². The summed E-state index contributed by atoms with van der Waals surface area (Å²) in [6.07, 6.45) is 9.28. The minimum Gasteiger partial charge on any atom is -0.260 e. The minimum atomic E-state index is -3.67. The van der Waals surface area contributed by atoms with Gasteiger partial charge >= 0.3 is 0 Å². The molecule has 1 aromatic rings. The van der Waals surface area contributed by atoms with Crippen LogP contribution in [0.1, 0.15) is 72.1 Å². The first-order chi connectivity index (χ1) is 10.4. The van der Waals surface area contributed by atoms with E-state index in [-0.39, 0.29) is 4.90 Å². The van der Waals surface area contributed by atoms with Crippen molar-refractivity contribution < 1.29 is 12.6 Å². The number of unbranched alkanes of at least 4 members (excludes halogenated alkanes) is 6. The van der Waals surface area contributed by atoms with Gasteiger partial charge in [0.1, 0.15) is 0 Å². The van der Waals surface area contributed by atoms with Gasteiger partial charge in [-0.05, 0) is 32.4 Å². The van der Waals surface area contributed by atoms with E-state index in [4.69, 9.17) is 4.18 Å². The van der Waals surface area contributed by atoms with E-state index < -0.39 is 15.7 Å². The van der Waals surface area contributed by atoms with E-state index >= 15 is 0 Å². The molecule has 1 aromatic carbocycles. The molecule has 0 saturated carbocycles. The summed E-state index contributed by atoms with van der Waals surface area (Å²) in [6.45, 7) is 5.92. The summed E-state index contributed by atoms with van der Waals surface area (Å²) in [5.74, 6) is 0. The van der Waals surface area contributed by atoms with E-state index in [9.17, 15) is 8.42 Å². The van der Waals surface area contributed by atoms with Gasteiger partial charge in [0.15, 0.2) is 0 Å². The van der Waals surface area contributed by atoms with Crippen molar-refractivity contribution in [3.8, 4) is 0 Å². The van der Waals surface area contributed by atoms with Gasteiger partial charge in [-0.3, -0.25) is 4.18 Å². The Morgan fingerprint density at radius 1 is 0.909 bits per heavy atom. The van der Waals surface area contributed by atoms with Gasteiger partial charge in [-0.2, -0.15) is 8.42 Å². The van der Waals surface area contributed by atoms with E-state index in [1.807, 2.05) is 13.8 Å². The van der Waals surface area contributed by atoms with Crippen LogP contribution in [0.3, 0.4) is 0 Å². The Balaban J connectivity index is 2.37. The van der Waals surface area contributed by atoms with Gasteiger partial charge in [-0.15, -0.1) is 0 Å². The average Bonchev–Trinajstić information content (AvgIpc) is 2.46. The summed E-state index contributed by atoms with van der Waals surface area (Å²) < 4.78 is 29.9. The normalized spacial score (nSPS) is 12.5. The summed E-state index contributed by atoms with van der Waals surface area (Å²) in [4.78, 5) is 0.225. The first-order valence-electron chi connectivity index (χ1n) is 8.38. The predicted molar refractivity (Wildman–Crippen MR) is 91.4 cm³/mol. The molecule has 0 aliphatic heterocycles. The first kappa shape index (κ1) is 19.2. The van der Waals surface area contributed by atoms with Crippen LogP contribution in [0.25, 0.3) is 0 Å². The quantitative estimate of drug-likeness (QED) is 0.409. The van der Waals surface area contributed by atoms with Gasteiger partial charge in [0, 0.05) is 0 Å². The Morgan fingerprint density at radius 3 is 2.05 bits per heavy atom. The zero-order valence-electron chi connectivity index (χ0n) is 14.2. The molecule has 0 N–H and O–H groups in total. The van der Waals surface area contributed by atoms with Gasteiger partial charge < -0.3 is 0 Å². The van der Waals surface area contributed by atoms with Crippen molar-refractivity contribution in [2.75, 3.05) is 0 Å². The van der Waals surface area contributed by atoms with Crippen LogP contribution in [-0.2, 0) is 14.3 Å². The summed E-state index contributed by atoms with van der Waals surface area (Å²) in [6, 6.07) is 8.35. The molecular formula is C18H30O3S. The number of hydrogen-bond donors (Lipinski definition) is 0. The molecular weight excluding hydrogens is 296 g/mol. The van der Waals surface area contributed by atoms with Crippen LogP contribution in [0.15, 0.2) is 35.2 Å². The van der Waals surface area contributed by atoms with Crippen LogP contribution in [0.2, 0.25) is 0 Å². The standard InChI is InChI=1S/C18H30O3S/c1-4-5-6-7-8-9-13-16-18(2,3)21-22(19,20)17-14-11-10-12-15-17/h10-12,14-15H,4-9,13,16H2,1-3H3. The highest BCUT2D eigenvalue weighted by atomic mass is 32.2. The fraction of sp³-hybridized carbons (Fsp3) is 0.667. The van der Waals surface area contributed by atoms with Crippen molar-refractivity contribution in [2.24, 2.45) is 0 Å². The second-order valence-corrected chi connectivity index (χ2v) is 8.03. The molecule has 3 nitrogen and oxygen atoms in total. The van der Waals surface area contributed by atoms with Crippen LogP contribution in [0, 0.1) is 0 Å². The molecule has 0 spiro atoms. The highest BCUT2D eigenvalue weighted by Gasteiger charge is 2.27. The van der Waals surface area contributed by atoms with Crippen molar-refractivity contribution in [2.45, 2.75) is 82.6 Å². The molecule has 4 heteroatoms. The van der Waals surface area contributed by atoms with Crippen LogP contribution in [-0.4, -0.2) is 14.0 Å². The highest BCUT2D eigenvalue weighted by molar-refractivity contribution is 7.86. The number of hydrogen-bond acceptors (Lipinski definition) is 3. The fourth-order valence-corrected chi connectivity index (χ4v) is 3.75. The topological polar surface area (TPSA) is 43.4 Å². The summed E-state index contributed by atoms with van der Waals surface area (Å²) in [5.41, 5.74) is -0.655. The van der Waals surface area contributed by atoms with E-state index in [1.54, 1.807) is 30.3 Å². The maximum Gasteiger partial charge on any atom is 0.297 e. The molecule has 22 heavy (non-hydrogen) atoms. The maximum absolute atomic E-state index is 12.2. The third-order valence-electron chi connectivity index (χ3n) is 3.75. The van der Waals surface area contributed by atoms with Crippen LogP contribution in [0.4, 0.5) is 0 Å². The molecule has 0 aliphatic carbocycles. The molecule has 0 aliphatic rings. The van der Waals surface area contributed by atoms with Crippen molar-refractivity contribution >= 4 is 10.1 Å². The SMILES string of the molecule is CCCCCCCCCC(C)(C)OS(=O)(=O)c1ccccc1. The van der Waals surface area contributed by atoms with Gasteiger partial charge in [-0.1, -0.05) is 70.1 Å². The molecule has 126 valence electrons. The van der Waals surface area contributed by atoms with Crippen molar-refractivity contribution in [1.82, 2.24) is 0 Å². The lowest BCUT2D eigenvalue weighted by atomic mass is 10.00. The summed E-state index contributed by atoms with van der Waals surface area (Å²) >= 11 is 0. The Labute approximate surface area is 136 Å². The van der Waals surface area contributed by atoms with Crippen molar-refractivity contribution in [1.29, 1.82) is 0 Å². The number of benzene rings is 1. The second kappa shape index (κ2) is 9.31. The lowest BCUT2D eigenvalue weighted by Gasteiger charge is -2.24. The second-order valence-electron chi connectivity index (χ2n) is 6.48. The molecule has 0 fully saturated rings. The lowest BCUT2D eigenvalue weighted by molar-refractivity contribution is 0.104.